The molecule has 0 aliphatic rings. The van der Waals surface area contributed by atoms with Crippen molar-refractivity contribution >= 4 is 16.0 Å². The highest BCUT2D eigenvalue weighted by molar-refractivity contribution is 7.89. The fourth-order valence-corrected chi connectivity index (χ4v) is 3.60. The van der Waals surface area contributed by atoms with Gasteiger partial charge in [0.25, 0.3) is 0 Å². The lowest BCUT2D eigenvalue weighted by Gasteiger charge is -2.10. The van der Waals surface area contributed by atoms with Crippen LogP contribution < -0.4 is 4.72 Å². The van der Waals surface area contributed by atoms with E-state index >= 15 is 0 Å². The molecule has 0 aliphatic heterocycles. The number of carbonyl (C=O) groups excluding carboxylic acids is 1. The third kappa shape index (κ3) is 4.24. The highest BCUT2D eigenvalue weighted by Crippen LogP contribution is 2.17. The summed E-state index contributed by atoms with van der Waals surface area (Å²) in [6, 6.07) is 11.8. The van der Waals surface area contributed by atoms with E-state index < -0.39 is 16.0 Å². The molecule has 0 atom stereocenters. The zero-order chi connectivity index (χ0) is 19.4. The van der Waals surface area contributed by atoms with Gasteiger partial charge in [0, 0.05) is 24.6 Å². The third-order valence-corrected chi connectivity index (χ3v) is 5.53. The van der Waals surface area contributed by atoms with Gasteiger partial charge in [0.15, 0.2) is 0 Å². The number of nitrogens with zero attached hydrogens (tertiary/aromatic N) is 2. The van der Waals surface area contributed by atoms with E-state index in [9.17, 15) is 13.2 Å². The molecule has 140 valence electrons. The van der Waals surface area contributed by atoms with Crippen molar-refractivity contribution in [3.8, 4) is 5.69 Å². The Balaban J connectivity index is 1.74. The number of aryl methyl sites for hydroxylation is 1. The lowest BCUT2D eigenvalue weighted by atomic mass is 10.1. The van der Waals surface area contributed by atoms with Gasteiger partial charge in [0.2, 0.25) is 10.0 Å². The molecule has 8 heteroatoms. The van der Waals surface area contributed by atoms with Crippen LogP contribution in [0.4, 0.5) is 0 Å². The lowest BCUT2D eigenvalue weighted by molar-refractivity contribution is 0.0599. The van der Waals surface area contributed by atoms with Crippen molar-refractivity contribution in [2.75, 3.05) is 7.11 Å². The Morgan fingerprint density at radius 1 is 1.19 bits per heavy atom. The van der Waals surface area contributed by atoms with E-state index in [0.29, 0.717) is 5.56 Å². The molecule has 3 rings (SSSR count). The molecule has 0 spiro atoms. The standard InChI is InChI=1S/C19H19N3O4S/c1-14-3-8-17(11-18(14)19(23)26-2)27(24,25)21-12-15-4-6-16(7-5-15)22-10-9-20-13-22/h3-11,13,21H,12H2,1-2H3. The summed E-state index contributed by atoms with van der Waals surface area (Å²) in [7, 11) is -2.51. The van der Waals surface area contributed by atoms with Crippen LogP contribution in [0.1, 0.15) is 21.5 Å². The predicted octanol–water partition coefficient (Wildman–Crippen LogP) is 2.45. The molecule has 27 heavy (non-hydrogen) atoms. The van der Waals surface area contributed by atoms with Crippen LogP contribution in [0.3, 0.4) is 0 Å². The maximum absolute atomic E-state index is 12.6. The molecule has 0 saturated carbocycles. The Hall–Kier alpha value is -2.97. The number of benzene rings is 2. The minimum atomic E-state index is -3.77. The van der Waals surface area contributed by atoms with Gasteiger partial charge in [-0.3, -0.25) is 0 Å². The van der Waals surface area contributed by atoms with Gasteiger partial charge in [-0.15, -0.1) is 0 Å². The van der Waals surface area contributed by atoms with E-state index in [2.05, 4.69) is 9.71 Å². The fraction of sp³-hybridized carbons (Fsp3) is 0.158. The summed E-state index contributed by atoms with van der Waals surface area (Å²) in [5.41, 5.74) is 2.61. The van der Waals surface area contributed by atoms with Gasteiger partial charge in [-0.2, -0.15) is 0 Å². The summed E-state index contributed by atoms with van der Waals surface area (Å²) >= 11 is 0. The Morgan fingerprint density at radius 2 is 1.93 bits per heavy atom. The molecule has 0 aliphatic carbocycles. The monoisotopic (exact) mass is 385 g/mol. The zero-order valence-corrected chi connectivity index (χ0v) is 15.7. The number of hydrogen-bond acceptors (Lipinski definition) is 5. The van der Waals surface area contributed by atoms with Crippen molar-refractivity contribution < 1.29 is 17.9 Å². The quantitative estimate of drug-likeness (QED) is 0.658. The first-order valence-corrected chi connectivity index (χ1v) is 9.65. The summed E-state index contributed by atoms with van der Waals surface area (Å²) in [4.78, 5) is 15.8. The SMILES string of the molecule is COC(=O)c1cc(S(=O)(=O)NCc2ccc(-n3ccnc3)cc2)ccc1C. The number of hydrogen-bond donors (Lipinski definition) is 1. The van der Waals surface area contributed by atoms with Crippen LogP contribution in [0.15, 0.2) is 66.1 Å². The molecule has 0 radical (unpaired) electrons. The second kappa shape index (κ2) is 7.73. The zero-order valence-electron chi connectivity index (χ0n) is 14.9. The highest BCUT2D eigenvalue weighted by Gasteiger charge is 2.18. The van der Waals surface area contributed by atoms with Crippen molar-refractivity contribution in [3.05, 3.63) is 77.9 Å². The molecule has 7 nitrogen and oxygen atoms in total. The molecule has 1 heterocycles. The third-order valence-electron chi connectivity index (χ3n) is 4.13. The van der Waals surface area contributed by atoms with Gasteiger partial charge in [0.05, 0.1) is 23.9 Å². The maximum atomic E-state index is 12.6. The van der Waals surface area contributed by atoms with E-state index in [4.69, 9.17) is 4.74 Å². The first-order valence-electron chi connectivity index (χ1n) is 8.16. The van der Waals surface area contributed by atoms with E-state index in [1.807, 2.05) is 35.0 Å². The van der Waals surface area contributed by atoms with Crippen molar-refractivity contribution in [2.24, 2.45) is 0 Å². The van der Waals surface area contributed by atoms with Crippen LogP contribution >= 0.6 is 0 Å². The van der Waals surface area contributed by atoms with Gasteiger partial charge in [-0.25, -0.2) is 22.9 Å². The number of aromatic nitrogens is 2. The first kappa shape index (κ1) is 18.8. The van der Waals surface area contributed by atoms with Crippen molar-refractivity contribution in [3.63, 3.8) is 0 Å². The predicted molar refractivity (Wildman–Crippen MR) is 100 cm³/mol. The first-order chi connectivity index (χ1) is 12.9. The topological polar surface area (TPSA) is 90.3 Å². The Morgan fingerprint density at radius 3 is 2.56 bits per heavy atom. The summed E-state index contributed by atoms with van der Waals surface area (Å²) in [5, 5.41) is 0. The Bertz CT molecular complexity index is 1040. The molecule has 0 saturated heterocycles. The Kier molecular flexibility index (Phi) is 5.38. The molecule has 2 aromatic carbocycles. The molecule has 1 N–H and O–H groups in total. The second-order valence-electron chi connectivity index (χ2n) is 5.93. The average Bonchev–Trinajstić information content (AvgIpc) is 3.21. The lowest BCUT2D eigenvalue weighted by Crippen LogP contribution is -2.23. The average molecular weight is 385 g/mol. The maximum Gasteiger partial charge on any atom is 0.338 e. The molecular formula is C19H19N3O4S. The number of nitrogens with one attached hydrogen (secondary N) is 1. The van der Waals surface area contributed by atoms with E-state index in [-0.39, 0.29) is 17.0 Å². The molecule has 0 bridgehead atoms. The van der Waals surface area contributed by atoms with Crippen LogP contribution in [0.2, 0.25) is 0 Å². The smallest absolute Gasteiger partial charge is 0.338 e. The molecule has 3 aromatic rings. The number of carbonyl (C=O) groups is 1. The number of sulfonamides is 1. The minimum Gasteiger partial charge on any atom is -0.465 e. The van der Waals surface area contributed by atoms with Crippen LogP contribution in [0.25, 0.3) is 5.69 Å². The van der Waals surface area contributed by atoms with E-state index in [1.54, 1.807) is 25.5 Å². The van der Waals surface area contributed by atoms with E-state index in [0.717, 1.165) is 11.3 Å². The largest absolute Gasteiger partial charge is 0.465 e. The number of ether oxygens (including phenoxy) is 1. The number of imidazole rings is 1. The van der Waals surface area contributed by atoms with Gasteiger partial charge in [-0.05, 0) is 42.3 Å². The van der Waals surface area contributed by atoms with Gasteiger partial charge >= 0.3 is 5.97 Å². The van der Waals surface area contributed by atoms with Crippen molar-refractivity contribution in [1.29, 1.82) is 0 Å². The van der Waals surface area contributed by atoms with Crippen molar-refractivity contribution in [2.45, 2.75) is 18.4 Å². The second-order valence-corrected chi connectivity index (χ2v) is 7.70. The molecule has 0 amide bonds. The van der Waals surface area contributed by atoms with Gasteiger partial charge in [-0.1, -0.05) is 18.2 Å². The molecule has 0 unspecified atom stereocenters. The number of rotatable bonds is 6. The summed E-state index contributed by atoms with van der Waals surface area (Å²) in [6.07, 6.45) is 5.20. The summed E-state index contributed by atoms with van der Waals surface area (Å²) < 4.78 is 34.2. The number of methoxy groups -OCH3 is 1. The van der Waals surface area contributed by atoms with Crippen LogP contribution in [0, 0.1) is 6.92 Å². The minimum absolute atomic E-state index is 0.0172. The summed E-state index contributed by atoms with van der Waals surface area (Å²) in [5.74, 6) is -0.570. The van der Waals surface area contributed by atoms with Crippen LogP contribution in [0.5, 0.6) is 0 Å². The fourth-order valence-electron chi connectivity index (χ4n) is 2.56. The summed E-state index contributed by atoms with van der Waals surface area (Å²) in [6.45, 7) is 1.85. The molecule has 0 fully saturated rings. The van der Waals surface area contributed by atoms with Crippen LogP contribution in [-0.2, 0) is 21.3 Å². The van der Waals surface area contributed by atoms with E-state index in [1.165, 1.54) is 19.2 Å². The van der Waals surface area contributed by atoms with Gasteiger partial charge < -0.3 is 9.30 Å². The van der Waals surface area contributed by atoms with Crippen LogP contribution in [-0.4, -0.2) is 31.0 Å². The van der Waals surface area contributed by atoms with Gasteiger partial charge in [0.1, 0.15) is 0 Å². The number of esters is 1. The van der Waals surface area contributed by atoms with Crippen molar-refractivity contribution in [1.82, 2.24) is 14.3 Å². The highest BCUT2D eigenvalue weighted by atomic mass is 32.2. The Labute approximate surface area is 157 Å². The molecule has 1 aromatic heterocycles. The molecular weight excluding hydrogens is 366 g/mol. The normalized spacial score (nSPS) is 11.3.